The fourth-order valence-corrected chi connectivity index (χ4v) is 2.83. The van der Waals surface area contributed by atoms with Crippen molar-refractivity contribution >= 4 is 0 Å². The van der Waals surface area contributed by atoms with Gasteiger partial charge in [0.2, 0.25) is 0 Å². The lowest BCUT2D eigenvalue weighted by Crippen LogP contribution is -2.16. The molecule has 0 amide bonds. The lowest BCUT2D eigenvalue weighted by molar-refractivity contribution is 0.168. The van der Waals surface area contributed by atoms with Crippen LogP contribution in [0.2, 0.25) is 0 Å². The first kappa shape index (κ1) is 14.6. The van der Waals surface area contributed by atoms with Crippen LogP contribution in [-0.2, 0) is 6.42 Å². The van der Waals surface area contributed by atoms with Crippen LogP contribution in [0.3, 0.4) is 0 Å². The van der Waals surface area contributed by atoms with E-state index in [1.807, 2.05) is 30.3 Å². The van der Waals surface area contributed by atoms with E-state index in [-0.39, 0.29) is 6.10 Å². The topological polar surface area (TPSA) is 36.9 Å². The molecule has 0 aromatic heterocycles. The van der Waals surface area contributed by atoms with E-state index in [4.69, 9.17) is 18.9 Å². The van der Waals surface area contributed by atoms with Gasteiger partial charge in [0.05, 0.1) is 21.3 Å². The first-order chi connectivity index (χ1) is 10.8. The molecule has 2 aromatic rings. The summed E-state index contributed by atoms with van der Waals surface area (Å²) < 4.78 is 22.3. The maximum atomic E-state index is 6.19. The third-order valence-electron chi connectivity index (χ3n) is 4.00. The summed E-state index contributed by atoms with van der Waals surface area (Å²) in [6.07, 6.45) is 1.88. The van der Waals surface area contributed by atoms with Gasteiger partial charge in [-0.1, -0.05) is 18.2 Å². The van der Waals surface area contributed by atoms with Crippen LogP contribution < -0.4 is 18.9 Å². The quantitative estimate of drug-likeness (QED) is 0.861. The molecule has 0 saturated heterocycles. The van der Waals surface area contributed by atoms with Gasteiger partial charge in [-0.2, -0.15) is 0 Å². The molecule has 0 bridgehead atoms. The summed E-state index contributed by atoms with van der Waals surface area (Å²) in [5.41, 5.74) is 2.27. The molecule has 0 radical (unpaired) electrons. The van der Waals surface area contributed by atoms with Crippen LogP contribution >= 0.6 is 0 Å². The van der Waals surface area contributed by atoms with Gasteiger partial charge in [-0.15, -0.1) is 0 Å². The fraction of sp³-hybridized carbons (Fsp3) is 0.333. The van der Waals surface area contributed by atoms with E-state index in [9.17, 15) is 0 Å². The van der Waals surface area contributed by atoms with E-state index >= 15 is 0 Å². The van der Waals surface area contributed by atoms with Gasteiger partial charge in [0, 0.05) is 0 Å². The van der Waals surface area contributed by atoms with Gasteiger partial charge in [-0.3, -0.25) is 0 Å². The highest BCUT2D eigenvalue weighted by molar-refractivity contribution is 5.49. The monoisotopic (exact) mass is 300 g/mol. The molecule has 0 fully saturated rings. The van der Waals surface area contributed by atoms with Crippen molar-refractivity contribution in [2.45, 2.75) is 18.9 Å². The molecule has 0 N–H and O–H groups in total. The summed E-state index contributed by atoms with van der Waals surface area (Å²) in [4.78, 5) is 0. The van der Waals surface area contributed by atoms with Gasteiger partial charge in [-0.05, 0) is 42.2 Å². The van der Waals surface area contributed by atoms with Crippen LogP contribution in [0.25, 0.3) is 0 Å². The van der Waals surface area contributed by atoms with Crippen molar-refractivity contribution in [2.24, 2.45) is 0 Å². The van der Waals surface area contributed by atoms with Crippen LogP contribution in [0.1, 0.15) is 23.7 Å². The fourth-order valence-electron chi connectivity index (χ4n) is 2.83. The van der Waals surface area contributed by atoms with Gasteiger partial charge in [0.1, 0.15) is 6.10 Å². The second-order valence-electron chi connectivity index (χ2n) is 5.21. The van der Waals surface area contributed by atoms with Crippen LogP contribution in [0.15, 0.2) is 36.4 Å². The molecule has 1 aliphatic rings. The highest BCUT2D eigenvalue weighted by atomic mass is 16.5. The molecule has 0 spiro atoms. The second-order valence-corrected chi connectivity index (χ2v) is 5.21. The number of methoxy groups -OCH3 is 3. The van der Waals surface area contributed by atoms with E-state index in [0.29, 0.717) is 0 Å². The van der Waals surface area contributed by atoms with E-state index in [0.717, 1.165) is 41.4 Å². The van der Waals surface area contributed by atoms with Crippen molar-refractivity contribution in [1.29, 1.82) is 0 Å². The summed E-state index contributed by atoms with van der Waals surface area (Å²) >= 11 is 0. The largest absolute Gasteiger partial charge is 0.493 e. The Morgan fingerprint density at radius 3 is 2.41 bits per heavy atom. The molecule has 2 aromatic carbocycles. The SMILES string of the molecule is COc1ccc(C2CCc3cccc(OC)c3O2)cc1OC. The lowest BCUT2D eigenvalue weighted by atomic mass is 9.97. The minimum atomic E-state index is -0.0105. The van der Waals surface area contributed by atoms with E-state index in [1.165, 1.54) is 5.56 Å². The molecule has 0 aliphatic carbocycles. The number of rotatable bonds is 4. The summed E-state index contributed by atoms with van der Waals surface area (Å²) in [5.74, 6) is 3.06. The standard InChI is InChI=1S/C18H20O4/c1-19-15-10-8-13(11-17(15)21-3)14-9-7-12-5-4-6-16(20-2)18(12)22-14/h4-6,8,10-11,14H,7,9H2,1-3H3. The Kier molecular flexibility index (Phi) is 4.09. The molecule has 4 heteroatoms. The van der Waals surface area contributed by atoms with Crippen molar-refractivity contribution < 1.29 is 18.9 Å². The molecule has 1 heterocycles. The first-order valence-electron chi connectivity index (χ1n) is 7.31. The van der Waals surface area contributed by atoms with E-state index < -0.39 is 0 Å². The highest BCUT2D eigenvalue weighted by Gasteiger charge is 2.24. The van der Waals surface area contributed by atoms with Gasteiger partial charge >= 0.3 is 0 Å². The smallest absolute Gasteiger partial charge is 0.165 e. The predicted octanol–water partition coefficient (Wildman–Crippen LogP) is 3.78. The maximum absolute atomic E-state index is 6.19. The minimum absolute atomic E-state index is 0.0105. The van der Waals surface area contributed by atoms with Gasteiger partial charge in [0.25, 0.3) is 0 Å². The molecule has 1 atom stereocenters. The number of benzene rings is 2. The van der Waals surface area contributed by atoms with Crippen LogP contribution in [0.5, 0.6) is 23.0 Å². The summed E-state index contributed by atoms with van der Waals surface area (Å²) in [6, 6.07) is 11.9. The zero-order valence-electron chi connectivity index (χ0n) is 13.1. The minimum Gasteiger partial charge on any atom is -0.493 e. The zero-order chi connectivity index (χ0) is 15.5. The van der Waals surface area contributed by atoms with Gasteiger partial charge in [-0.25, -0.2) is 0 Å². The molecule has 116 valence electrons. The van der Waals surface area contributed by atoms with E-state index in [2.05, 4.69) is 6.07 Å². The normalized spacial score (nSPS) is 16.4. The molecule has 4 nitrogen and oxygen atoms in total. The molecule has 3 rings (SSSR count). The average molecular weight is 300 g/mol. The predicted molar refractivity (Wildman–Crippen MR) is 84.2 cm³/mol. The first-order valence-corrected chi connectivity index (χ1v) is 7.31. The van der Waals surface area contributed by atoms with Gasteiger partial charge < -0.3 is 18.9 Å². The van der Waals surface area contributed by atoms with Gasteiger partial charge in [0.15, 0.2) is 23.0 Å². The van der Waals surface area contributed by atoms with E-state index in [1.54, 1.807) is 21.3 Å². The molecule has 22 heavy (non-hydrogen) atoms. The highest BCUT2D eigenvalue weighted by Crippen LogP contribution is 2.42. The molecule has 0 saturated carbocycles. The number of para-hydroxylation sites is 1. The van der Waals surface area contributed by atoms with Crippen LogP contribution in [0.4, 0.5) is 0 Å². The summed E-state index contributed by atoms with van der Waals surface area (Å²) in [6.45, 7) is 0. The van der Waals surface area contributed by atoms with Crippen LogP contribution in [-0.4, -0.2) is 21.3 Å². The number of fused-ring (bicyclic) bond motifs is 1. The Labute approximate surface area is 130 Å². The van der Waals surface area contributed by atoms with Crippen molar-refractivity contribution in [1.82, 2.24) is 0 Å². The summed E-state index contributed by atoms with van der Waals surface area (Å²) in [5, 5.41) is 0. The third kappa shape index (κ3) is 2.56. The Bertz CT molecular complexity index is 652. The van der Waals surface area contributed by atoms with Crippen molar-refractivity contribution in [3.63, 3.8) is 0 Å². The van der Waals surface area contributed by atoms with Crippen molar-refractivity contribution in [3.8, 4) is 23.0 Å². The number of ether oxygens (including phenoxy) is 4. The molecular formula is C18H20O4. The Morgan fingerprint density at radius 1 is 0.909 bits per heavy atom. The molecule has 1 aliphatic heterocycles. The summed E-state index contributed by atoms with van der Waals surface area (Å²) in [7, 11) is 4.94. The maximum Gasteiger partial charge on any atom is 0.165 e. The Morgan fingerprint density at radius 2 is 1.68 bits per heavy atom. The lowest BCUT2D eigenvalue weighted by Gasteiger charge is -2.28. The Balaban J connectivity index is 1.91. The van der Waals surface area contributed by atoms with Crippen molar-refractivity contribution in [3.05, 3.63) is 47.5 Å². The number of hydrogen-bond acceptors (Lipinski definition) is 4. The zero-order valence-corrected chi connectivity index (χ0v) is 13.1. The number of aryl methyl sites for hydroxylation is 1. The average Bonchev–Trinajstić information content (AvgIpc) is 2.60. The Hall–Kier alpha value is -2.36. The molecular weight excluding hydrogens is 280 g/mol. The van der Waals surface area contributed by atoms with Crippen LogP contribution in [0, 0.1) is 0 Å². The third-order valence-corrected chi connectivity index (χ3v) is 4.00. The number of hydrogen-bond donors (Lipinski definition) is 0. The second kappa shape index (κ2) is 6.18. The molecule has 1 unspecified atom stereocenters. The van der Waals surface area contributed by atoms with Crippen molar-refractivity contribution in [2.75, 3.05) is 21.3 Å².